The Kier molecular flexibility index (Phi) is 8.29. The molecule has 7 heteroatoms. The Balaban J connectivity index is 2.18. The second kappa shape index (κ2) is 10.7. The zero-order valence-corrected chi connectivity index (χ0v) is 16.6. The van der Waals surface area contributed by atoms with Crippen molar-refractivity contribution in [1.82, 2.24) is 10.6 Å². The summed E-state index contributed by atoms with van der Waals surface area (Å²) in [6, 6.07) is 5.41. The summed E-state index contributed by atoms with van der Waals surface area (Å²) in [5.74, 6) is -1.19. The number of hydrogen-bond acceptors (Lipinski definition) is 4. The summed E-state index contributed by atoms with van der Waals surface area (Å²) in [6.45, 7) is 4.25. The van der Waals surface area contributed by atoms with Crippen molar-refractivity contribution in [2.45, 2.75) is 64.5 Å². The normalized spacial score (nSPS) is 22.5. The van der Waals surface area contributed by atoms with Crippen molar-refractivity contribution >= 4 is 17.8 Å². The first-order valence-electron chi connectivity index (χ1n) is 9.91. The van der Waals surface area contributed by atoms with Gasteiger partial charge in [-0.3, -0.25) is 9.59 Å². The second-order valence-corrected chi connectivity index (χ2v) is 7.55. The van der Waals surface area contributed by atoms with Crippen LogP contribution in [0.15, 0.2) is 24.3 Å². The molecule has 0 fully saturated rings. The summed E-state index contributed by atoms with van der Waals surface area (Å²) in [6.07, 6.45) is 4.03. The fourth-order valence-electron chi connectivity index (χ4n) is 3.13. The average Bonchev–Trinajstić information content (AvgIpc) is 2.65. The maximum atomic E-state index is 12.7. The van der Waals surface area contributed by atoms with Gasteiger partial charge in [-0.1, -0.05) is 38.8 Å². The van der Waals surface area contributed by atoms with Gasteiger partial charge in [-0.2, -0.15) is 0 Å². The SMILES string of the molecule is CC(C)[C@@H]1NC(=O)CCCCCCOc2ccc(cc2)C[C@@H](C(=O)O)NC1=O. The van der Waals surface area contributed by atoms with E-state index in [1.165, 1.54) is 0 Å². The summed E-state index contributed by atoms with van der Waals surface area (Å²) in [7, 11) is 0. The molecule has 2 heterocycles. The fourth-order valence-corrected chi connectivity index (χ4v) is 3.13. The summed E-state index contributed by atoms with van der Waals surface area (Å²) >= 11 is 0. The molecule has 2 aliphatic rings. The van der Waals surface area contributed by atoms with Crippen LogP contribution >= 0.6 is 0 Å². The highest BCUT2D eigenvalue weighted by Crippen LogP contribution is 2.15. The lowest BCUT2D eigenvalue weighted by molar-refractivity contribution is -0.142. The highest BCUT2D eigenvalue weighted by molar-refractivity contribution is 5.90. The third-order valence-electron chi connectivity index (χ3n) is 4.81. The Morgan fingerprint density at radius 3 is 2.39 bits per heavy atom. The molecule has 2 aliphatic heterocycles. The molecular formula is C21H30N2O5. The molecule has 3 rings (SSSR count). The Morgan fingerprint density at radius 2 is 1.75 bits per heavy atom. The van der Waals surface area contributed by atoms with Crippen LogP contribution in [-0.4, -0.2) is 41.6 Å². The molecule has 2 atom stereocenters. The van der Waals surface area contributed by atoms with E-state index >= 15 is 0 Å². The van der Waals surface area contributed by atoms with Crippen molar-refractivity contribution < 1.29 is 24.2 Å². The maximum absolute atomic E-state index is 12.7. The average molecular weight is 390 g/mol. The summed E-state index contributed by atoms with van der Waals surface area (Å²) in [5.41, 5.74) is 0.784. The third kappa shape index (κ3) is 6.87. The lowest BCUT2D eigenvalue weighted by atomic mass is 10.0. The maximum Gasteiger partial charge on any atom is 0.326 e. The van der Waals surface area contributed by atoms with E-state index in [1.807, 2.05) is 38.1 Å². The summed E-state index contributed by atoms with van der Waals surface area (Å²) < 4.78 is 5.69. The number of ether oxygens (including phenoxy) is 1. The number of nitrogens with one attached hydrogen (secondary N) is 2. The highest BCUT2D eigenvalue weighted by Gasteiger charge is 2.28. The van der Waals surface area contributed by atoms with Gasteiger partial charge in [-0.25, -0.2) is 4.79 Å². The minimum absolute atomic E-state index is 0.152. The standard InChI is InChI=1S/C21H30N2O5/c1-14(2)19-20(25)22-17(21(26)27)13-15-8-10-16(11-9-15)28-12-6-4-3-5-7-18(24)23-19/h8-11,14,17,19H,3-7,12-13H2,1-2H3,(H,22,25)(H,23,24)(H,26,27)/t17-,19-/m0/s1. The smallest absolute Gasteiger partial charge is 0.326 e. The monoisotopic (exact) mass is 390 g/mol. The number of carbonyl (C=O) groups is 3. The van der Waals surface area contributed by atoms with Crippen LogP contribution in [0.2, 0.25) is 0 Å². The van der Waals surface area contributed by atoms with Crippen LogP contribution in [0.3, 0.4) is 0 Å². The molecule has 154 valence electrons. The molecule has 0 radical (unpaired) electrons. The highest BCUT2D eigenvalue weighted by atomic mass is 16.5. The van der Waals surface area contributed by atoms with Gasteiger partial charge in [0.05, 0.1) is 6.61 Å². The van der Waals surface area contributed by atoms with E-state index in [9.17, 15) is 19.5 Å². The number of carbonyl (C=O) groups excluding carboxylic acids is 2. The van der Waals surface area contributed by atoms with Crippen LogP contribution in [0.4, 0.5) is 0 Å². The number of carboxylic acids is 1. The third-order valence-corrected chi connectivity index (χ3v) is 4.81. The molecule has 0 saturated carbocycles. The van der Waals surface area contributed by atoms with Crippen molar-refractivity contribution in [2.24, 2.45) is 5.92 Å². The van der Waals surface area contributed by atoms with E-state index in [4.69, 9.17) is 4.74 Å². The Hall–Kier alpha value is -2.57. The number of benzene rings is 1. The van der Waals surface area contributed by atoms with E-state index in [0.717, 1.165) is 37.0 Å². The molecule has 0 spiro atoms. The van der Waals surface area contributed by atoms with E-state index in [0.29, 0.717) is 13.0 Å². The number of rotatable bonds is 2. The molecule has 28 heavy (non-hydrogen) atoms. The number of fused-ring (bicyclic) bond motifs is 15. The van der Waals surface area contributed by atoms with Crippen molar-refractivity contribution in [3.8, 4) is 5.75 Å². The van der Waals surface area contributed by atoms with Crippen LogP contribution in [0.1, 0.15) is 51.5 Å². The first-order valence-corrected chi connectivity index (χ1v) is 9.91. The Labute approximate surface area is 165 Å². The van der Waals surface area contributed by atoms with Gasteiger partial charge in [0.15, 0.2) is 0 Å². The number of aliphatic carboxylic acids is 1. The molecule has 0 unspecified atom stereocenters. The lowest BCUT2D eigenvalue weighted by Crippen LogP contribution is -2.54. The van der Waals surface area contributed by atoms with Gasteiger partial charge in [0.1, 0.15) is 17.8 Å². The van der Waals surface area contributed by atoms with Gasteiger partial charge in [0.25, 0.3) is 0 Å². The number of hydrogen-bond donors (Lipinski definition) is 3. The van der Waals surface area contributed by atoms with Gasteiger partial charge in [0.2, 0.25) is 11.8 Å². The van der Waals surface area contributed by atoms with Crippen LogP contribution in [0, 0.1) is 5.92 Å². The molecule has 1 aromatic rings. The van der Waals surface area contributed by atoms with Gasteiger partial charge in [-0.05, 0) is 36.5 Å². The van der Waals surface area contributed by atoms with Crippen LogP contribution < -0.4 is 15.4 Å². The predicted molar refractivity (Wildman–Crippen MR) is 105 cm³/mol. The second-order valence-electron chi connectivity index (χ2n) is 7.55. The summed E-state index contributed by atoms with van der Waals surface area (Å²) in [5, 5.41) is 14.9. The van der Waals surface area contributed by atoms with Gasteiger partial charge in [0, 0.05) is 12.8 Å². The van der Waals surface area contributed by atoms with Gasteiger partial charge >= 0.3 is 5.97 Å². The molecule has 2 bridgehead atoms. The largest absolute Gasteiger partial charge is 0.494 e. The van der Waals surface area contributed by atoms with Crippen molar-refractivity contribution in [3.05, 3.63) is 29.8 Å². The van der Waals surface area contributed by atoms with Crippen molar-refractivity contribution in [3.63, 3.8) is 0 Å². The lowest BCUT2D eigenvalue weighted by Gasteiger charge is -2.24. The first kappa shape index (κ1) is 21.7. The molecule has 2 amide bonds. The Bertz CT molecular complexity index is 672. The quantitative estimate of drug-likeness (QED) is 0.719. The van der Waals surface area contributed by atoms with Gasteiger partial charge < -0.3 is 20.5 Å². The molecule has 3 N–H and O–H groups in total. The number of amides is 2. The molecule has 1 aromatic carbocycles. The topological polar surface area (TPSA) is 105 Å². The van der Waals surface area contributed by atoms with Crippen LogP contribution in [-0.2, 0) is 20.8 Å². The molecule has 0 aromatic heterocycles. The molecular weight excluding hydrogens is 360 g/mol. The molecule has 0 aliphatic carbocycles. The van der Waals surface area contributed by atoms with Crippen molar-refractivity contribution in [2.75, 3.05) is 6.61 Å². The van der Waals surface area contributed by atoms with E-state index in [1.54, 1.807) is 0 Å². The zero-order chi connectivity index (χ0) is 20.5. The Morgan fingerprint density at radius 1 is 1.07 bits per heavy atom. The van der Waals surface area contributed by atoms with Crippen LogP contribution in [0.25, 0.3) is 0 Å². The predicted octanol–water partition coefficient (Wildman–Crippen LogP) is 2.28. The van der Waals surface area contributed by atoms with E-state index < -0.39 is 24.0 Å². The number of carboxylic acid groups (broad SMARTS) is 1. The fraction of sp³-hybridized carbons (Fsp3) is 0.571. The van der Waals surface area contributed by atoms with Crippen LogP contribution in [0.5, 0.6) is 5.75 Å². The van der Waals surface area contributed by atoms with E-state index in [2.05, 4.69) is 10.6 Å². The zero-order valence-electron chi connectivity index (χ0n) is 16.6. The van der Waals surface area contributed by atoms with Crippen molar-refractivity contribution in [1.29, 1.82) is 0 Å². The summed E-state index contributed by atoms with van der Waals surface area (Å²) in [4.78, 5) is 36.5. The first-order chi connectivity index (χ1) is 13.4. The minimum atomic E-state index is -1.11. The molecule has 0 saturated heterocycles. The minimum Gasteiger partial charge on any atom is -0.494 e. The molecule has 7 nitrogen and oxygen atoms in total. The van der Waals surface area contributed by atoms with E-state index in [-0.39, 0.29) is 18.2 Å². The van der Waals surface area contributed by atoms with Gasteiger partial charge in [-0.15, -0.1) is 0 Å².